The van der Waals surface area contributed by atoms with Gasteiger partial charge in [0.15, 0.2) is 0 Å². The molecule has 54 valence electrons. The molecule has 0 saturated carbocycles. The van der Waals surface area contributed by atoms with Gasteiger partial charge in [0.2, 0.25) is 0 Å². The van der Waals surface area contributed by atoms with Crippen molar-refractivity contribution in [1.29, 1.82) is 0 Å². The molecule has 1 aliphatic rings. The Morgan fingerprint density at radius 3 is 2.44 bits per heavy atom. The van der Waals surface area contributed by atoms with Gasteiger partial charge in [0.25, 0.3) is 0 Å². The van der Waals surface area contributed by atoms with E-state index in [0.29, 0.717) is 0 Å². The molecule has 0 spiro atoms. The lowest BCUT2D eigenvalue weighted by atomic mass is 10.2. The molecule has 1 rings (SSSR count). The number of nitrogens with zero attached hydrogens (tertiary/aromatic N) is 1. The molecule has 1 saturated heterocycles. The monoisotopic (exact) mass is 149 g/mol. The maximum Gasteiger partial charge on any atom is 0.120 e. The van der Waals surface area contributed by atoms with Gasteiger partial charge in [0.05, 0.1) is 0 Å². The van der Waals surface area contributed by atoms with Crippen molar-refractivity contribution >= 4 is 12.2 Å². The van der Waals surface area contributed by atoms with Crippen molar-refractivity contribution in [3.05, 3.63) is 0 Å². The molecule has 1 fully saturated rings. The standard InChI is InChI=1S/C5H11NO2S/c7-8-9-6-4-2-1-3-5-6/h7H,1-5H2. The van der Waals surface area contributed by atoms with Crippen molar-refractivity contribution in [1.82, 2.24) is 4.31 Å². The number of rotatable bonds is 2. The quantitative estimate of drug-likeness (QED) is 0.279. The molecule has 0 aromatic rings. The fourth-order valence-corrected chi connectivity index (χ4v) is 1.49. The Kier molecular flexibility index (Phi) is 3.35. The van der Waals surface area contributed by atoms with Crippen LogP contribution in [0.25, 0.3) is 0 Å². The van der Waals surface area contributed by atoms with Crippen LogP contribution in [-0.2, 0) is 4.33 Å². The Morgan fingerprint density at radius 1 is 1.22 bits per heavy atom. The summed E-state index contributed by atoms with van der Waals surface area (Å²) in [5, 5.41) is 8.04. The van der Waals surface area contributed by atoms with E-state index in [1.165, 1.54) is 19.3 Å². The molecular weight excluding hydrogens is 138 g/mol. The number of hydrogen-bond donors (Lipinski definition) is 1. The second kappa shape index (κ2) is 4.11. The number of piperidine rings is 1. The van der Waals surface area contributed by atoms with E-state index in [1.54, 1.807) is 0 Å². The summed E-state index contributed by atoms with van der Waals surface area (Å²) >= 11 is 1.04. The molecule has 0 atom stereocenters. The first-order valence-corrected chi connectivity index (χ1v) is 3.86. The Balaban J connectivity index is 2.08. The summed E-state index contributed by atoms with van der Waals surface area (Å²) < 4.78 is 5.94. The van der Waals surface area contributed by atoms with Crippen LogP contribution < -0.4 is 0 Å². The van der Waals surface area contributed by atoms with Gasteiger partial charge in [-0.05, 0) is 12.8 Å². The van der Waals surface area contributed by atoms with Gasteiger partial charge in [-0.1, -0.05) is 6.42 Å². The molecule has 0 bridgehead atoms. The Hall–Kier alpha value is 0.230. The maximum absolute atomic E-state index is 8.04. The van der Waals surface area contributed by atoms with Crippen molar-refractivity contribution in [2.24, 2.45) is 0 Å². The predicted octanol–water partition coefficient (Wildman–Crippen LogP) is 1.53. The van der Waals surface area contributed by atoms with Crippen LogP contribution in [0.2, 0.25) is 0 Å². The minimum atomic E-state index is 1.03. The van der Waals surface area contributed by atoms with Gasteiger partial charge in [-0.2, -0.15) is 0 Å². The molecule has 1 heterocycles. The molecule has 1 aliphatic heterocycles. The third-order valence-corrected chi connectivity index (χ3v) is 2.10. The van der Waals surface area contributed by atoms with Gasteiger partial charge in [-0.3, -0.25) is 0 Å². The van der Waals surface area contributed by atoms with E-state index in [9.17, 15) is 0 Å². The van der Waals surface area contributed by atoms with Gasteiger partial charge >= 0.3 is 0 Å². The number of hydrogen-bond acceptors (Lipinski definition) is 4. The first-order chi connectivity index (χ1) is 4.43. The van der Waals surface area contributed by atoms with Crippen LogP contribution in [-0.4, -0.2) is 22.7 Å². The van der Waals surface area contributed by atoms with Crippen molar-refractivity contribution in [3.8, 4) is 0 Å². The third-order valence-electron chi connectivity index (χ3n) is 1.45. The molecule has 4 heteroatoms. The van der Waals surface area contributed by atoms with Gasteiger partial charge in [0, 0.05) is 13.1 Å². The summed E-state index contributed by atoms with van der Waals surface area (Å²) in [5.74, 6) is 0. The molecule has 3 nitrogen and oxygen atoms in total. The van der Waals surface area contributed by atoms with E-state index < -0.39 is 0 Å². The van der Waals surface area contributed by atoms with Crippen molar-refractivity contribution in [2.75, 3.05) is 13.1 Å². The highest BCUT2D eigenvalue weighted by molar-refractivity contribution is 7.92. The molecule has 1 N–H and O–H groups in total. The van der Waals surface area contributed by atoms with Crippen molar-refractivity contribution in [2.45, 2.75) is 19.3 Å². The largest absolute Gasteiger partial charge is 0.238 e. The van der Waals surface area contributed by atoms with E-state index in [-0.39, 0.29) is 0 Å². The highest BCUT2D eigenvalue weighted by atomic mass is 32.2. The minimum absolute atomic E-state index is 1.03. The third kappa shape index (κ3) is 2.53. The van der Waals surface area contributed by atoms with Gasteiger partial charge in [-0.25, -0.2) is 9.56 Å². The van der Waals surface area contributed by atoms with Crippen LogP contribution in [0.1, 0.15) is 19.3 Å². The summed E-state index contributed by atoms with van der Waals surface area (Å²) in [6, 6.07) is 0. The summed E-state index contributed by atoms with van der Waals surface area (Å²) in [4.78, 5) is 0. The van der Waals surface area contributed by atoms with Crippen LogP contribution in [0.5, 0.6) is 0 Å². The second-order valence-corrected chi connectivity index (χ2v) is 2.95. The summed E-state index contributed by atoms with van der Waals surface area (Å²) in [7, 11) is 0. The lowest BCUT2D eigenvalue weighted by Crippen LogP contribution is -2.22. The maximum atomic E-state index is 8.04. The van der Waals surface area contributed by atoms with Crippen LogP contribution in [0, 0.1) is 0 Å². The zero-order valence-corrected chi connectivity index (χ0v) is 6.06. The molecule has 0 aliphatic carbocycles. The zero-order chi connectivity index (χ0) is 6.53. The topological polar surface area (TPSA) is 32.7 Å². The fraction of sp³-hybridized carbons (Fsp3) is 1.00. The van der Waals surface area contributed by atoms with Crippen molar-refractivity contribution in [3.63, 3.8) is 0 Å². The normalized spacial score (nSPS) is 22.3. The average Bonchev–Trinajstić information content (AvgIpc) is 1.91. The van der Waals surface area contributed by atoms with E-state index in [4.69, 9.17) is 5.26 Å². The van der Waals surface area contributed by atoms with Crippen LogP contribution in [0.4, 0.5) is 0 Å². The lowest BCUT2D eigenvalue weighted by Gasteiger charge is -2.21. The van der Waals surface area contributed by atoms with E-state index in [2.05, 4.69) is 4.33 Å². The van der Waals surface area contributed by atoms with Crippen molar-refractivity contribution < 1.29 is 9.59 Å². The van der Waals surface area contributed by atoms with Crippen LogP contribution in [0.15, 0.2) is 0 Å². The van der Waals surface area contributed by atoms with Crippen LogP contribution in [0.3, 0.4) is 0 Å². The molecular formula is C5H11NO2S. The molecule has 9 heavy (non-hydrogen) atoms. The highest BCUT2D eigenvalue weighted by Crippen LogP contribution is 2.17. The summed E-state index contributed by atoms with van der Waals surface area (Å²) in [5.41, 5.74) is 0. The molecule has 0 radical (unpaired) electrons. The molecule has 0 unspecified atom stereocenters. The average molecular weight is 149 g/mol. The Labute approximate surface area is 59.3 Å². The molecule has 0 aromatic carbocycles. The van der Waals surface area contributed by atoms with Crippen LogP contribution >= 0.6 is 12.2 Å². The second-order valence-electron chi connectivity index (χ2n) is 2.14. The van der Waals surface area contributed by atoms with E-state index in [1.807, 2.05) is 4.31 Å². The first kappa shape index (κ1) is 7.34. The van der Waals surface area contributed by atoms with Gasteiger partial charge < -0.3 is 0 Å². The lowest BCUT2D eigenvalue weighted by molar-refractivity contribution is -0.121. The van der Waals surface area contributed by atoms with E-state index in [0.717, 1.165) is 25.3 Å². The smallest absolute Gasteiger partial charge is 0.120 e. The Bertz CT molecular complexity index is 72.6. The first-order valence-electron chi connectivity index (χ1n) is 3.16. The zero-order valence-electron chi connectivity index (χ0n) is 5.25. The SMILES string of the molecule is OOSN1CCCCC1. The molecule has 0 aromatic heterocycles. The highest BCUT2D eigenvalue weighted by Gasteiger charge is 2.10. The molecule has 0 amide bonds. The Morgan fingerprint density at radius 2 is 1.89 bits per heavy atom. The van der Waals surface area contributed by atoms with Gasteiger partial charge in [-0.15, -0.1) is 4.33 Å². The summed E-state index contributed by atoms with van der Waals surface area (Å²) in [6.07, 6.45) is 3.75. The minimum Gasteiger partial charge on any atom is -0.238 e. The fourth-order valence-electron chi connectivity index (χ4n) is 0.987. The van der Waals surface area contributed by atoms with E-state index >= 15 is 0 Å². The summed E-state index contributed by atoms with van der Waals surface area (Å²) in [6.45, 7) is 2.07. The van der Waals surface area contributed by atoms with Gasteiger partial charge in [0.1, 0.15) is 12.2 Å². The predicted molar refractivity (Wildman–Crippen MR) is 36.7 cm³/mol.